The number of aliphatic hydroxyl groups excluding tert-OH is 3. The summed E-state index contributed by atoms with van der Waals surface area (Å²) in [5.74, 6) is -3.01. The third-order valence-corrected chi connectivity index (χ3v) is 6.65. The molecule has 2 aliphatic rings. The van der Waals surface area contributed by atoms with Gasteiger partial charge in [0.05, 0.1) is 24.5 Å². The zero-order valence-corrected chi connectivity index (χ0v) is 23.7. The van der Waals surface area contributed by atoms with Crippen molar-refractivity contribution in [2.45, 2.75) is 50.5 Å². The van der Waals surface area contributed by atoms with Crippen LogP contribution in [-0.2, 0) is 19.1 Å². The number of carboxylic acids is 1. The number of allylic oxidation sites excluding steroid dienone is 1. The monoisotopic (exact) mass is 551 g/mol. The normalized spacial score (nSPS) is 21.9. The van der Waals surface area contributed by atoms with Crippen LogP contribution in [0.3, 0.4) is 0 Å². The Labute approximate surface area is 246 Å². The zero-order chi connectivity index (χ0) is 27.4. The first-order valence-electron chi connectivity index (χ1n) is 12.3. The molecule has 0 radical (unpaired) electrons. The van der Waals surface area contributed by atoms with E-state index in [-0.39, 0.29) is 60.3 Å². The molecule has 1 aromatic heterocycles. The predicted octanol–water partition coefficient (Wildman–Crippen LogP) is -4.27. The molecule has 1 fully saturated rings. The van der Waals surface area contributed by atoms with E-state index in [9.17, 15) is 34.8 Å². The van der Waals surface area contributed by atoms with Gasteiger partial charge in [0, 0.05) is 30.4 Å². The van der Waals surface area contributed by atoms with Gasteiger partial charge >= 0.3 is 29.6 Å². The van der Waals surface area contributed by atoms with Crippen molar-refractivity contribution in [3.8, 4) is 11.3 Å². The van der Waals surface area contributed by atoms with Gasteiger partial charge in [0.25, 0.3) is 0 Å². The number of aliphatic hydroxyl groups is 3. The summed E-state index contributed by atoms with van der Waals surface area (Å²) >= 11 is 0. The van der Waals surface area contributed by atoms with E-state index in [1.54, 1.807) is 37.4 Å². The van der Waals surface area contributed by atoms with Crippen molar-refractivity contribution in [3.05, 3.63) is 42.3 Å². The average molecular weight is 552 g/mol. The molecule has 5 atom stereocenters. The first kappa shape index (κ1) is 30.7. The number of aliphatic carboxylic acids is 1. The number of hydrogen-bond acceptors (Lipinski definition) is 10. The molecule has 0 bridgehead atoms. The third kappa shape index (κ3) is 7.44. The summed E-state index contributed by atoms with van der Waals surface area (Å²) in [6.07, 6.45) is 0.392. The van der Waals surface area contributed by atoms with E-state index in [1.807, 2.05) is 0 Å². The van der Waals surface area contributed by atoms with Crippen molar-refractivity contribution in [1.82, 2.24) is 20.3 Å². The van der Waals surface area contributed by atoms with Gasteiger partial charge in [-0.1, -0.05) is 30.3 Å². The molecule has 1 aromatic carbocycles. The molecule has 1 aliphatic heterocycles. The maximum Gasteiger partial charge on any atom is 1.00 e. The van der Waals surface area contributed by atoms with E-state index in [0.717, 1.165) is 12.8 Å². The summed E-state index contributed by atoms with van der Waals surface area (Å²) < 4.78 is 6.75. The standard InChI is InChI=1S/C25H31N5O8.Na/c1-13-18(10-20(25(36)37)38-23(13)22(34)19(32)12-31)30-11-17(28-29-30)15-4-2-3-5-16(15)27-21(33)8-9-26-24(35)14-6-7-14;/h2-5,10-11,13-14,18-19,22-23,31-32,34H,6-9,12H2,1H3,(H,26,35)(H,27,33)(H,36,37);/q;+1/p-1/t13-,18+,19-,22-,23-;/m1./s1. The van der Waals surface area contributed by atoms with Crippen LogP contribution in [0, 0.1) is 11.8 Å². The Bertz CT molecular complexity index is 1220. The summed E-state index contributed by atoms with van der Waals surface area (Å²) in [5, 5.41) is 55.0. The minimum absolute atomic E-state index is 0. The Morgan fingerprint density at radius 2 is 1.95 bits per heavy atom. The number of para-hydroxylation sites is 1. The molecule has 2 heterocycles. The number of rotatable bonds is 11. The van der Waals surface area contributed by atoms with Crippen molar-refractivity contribution in [2.75, 3.05) is 18.5 Å². The number of hydrogen-bond donors (Lipinski definition) is 5. The number of nitrogens with one attached hydrogen (secondary N) is 2. The number of anilines is 1. The fraction of sp³-hybridized carbons (Fsp3) is 0.480. The minimum Gasteiger partial charge on any atom is -0.542 e. The van der Waals surface area contributed by atoms with Crippen LogP contribution in [-0.4, -0.2) is 79.6 Å². The van der Waals surface area contributed by atoms with Crippen molar-refractivity contribution >= 4 is 23.5 Å². The van der Waals surface area contributed by atoms with Gasteiger partial charge < -0.3 is 40.6 Å². The number of carbonyl (C=O) groups excluding carboxylic acids is 3. The van der Waals surface area contributed by atoms with Gasteiger partial charge in [0.1, 0.15) is 35.7 Å². The van der Waals surface area contributed by atoms with Crippen LogP contribution in [0.5, 0.6) is 0 Å². The molecule has 5 N–H and O–H groups in total. The predicted molar refractivity (Wildman–Crippen MR) is 130 cm³/mol. The summed E-state index contributed by atoms with van der Waals surface area (Å²) in [5.41, 5.74) is 1.42. The van der Waals surface area contributed by atoms with Crippen LogP contribution < -0.4 is 45.3 Å². The summed E-state index contributed by atoms with van der Waals surface area (Å²) in [6, 6.07) is 6.18. The molecule has 39 heavy (non-hydrogen) atoms. The van der Waals surface area contributed by atoms with Gasteiger partial charge in [-0.3, -0.25) is 9.59 Å². The van der Waals surface area contributed by atoms with Gasteiger partial charge in [-0.15, -0.1) is 5.10 Å². The number of ether oxygens (including phenoxy) is 1. The fourth-order valence-corrected chi connectivity index (χ4v) is 4.30. The Balaban J connectivity index is 0.00000420. The maximum absolute atomic E-state index is 12.5. The van der Waals surface area contributed by atoms with E-state index in [4.69, 9.17) is 4.74 Å². The second-order valence-corrected chi connectivity index (χ2v) is 9.48. The van der Waals surface area contributed by atoms with Crippen molar-refractivity contribution in [3.63, 3.8) is 0 Å². The van der Waals surface area contributed by atoms with Gasteiger partial charge in [-0.25, -0.2) is 4.68 Å². The van der Waals surface area contributed by atoms with E-state index in [0.29, 0.717) is 16.9 Å². The van der Waals surface area contributed by atoms with Crippen LogP contribution in [0.2, 0.25) is 0 Å². The molecule has 0 spiro atoms. The molecule has 14 heteroatoms. The smallest absolute Gasteiger partial charge is 0.542 e. The number of carboxylic acid groups (broad SMARTS) is 1. The van der Waals surface area contributed by atoms with Crippen molar-refractivity contribution in [1.29, 1.82) is 0 Å². The van der Waals surface area contributed by atoms with Crippen LogP contribution in [0.1, 0.15) is 32.2 Å². The molecule has 0 unspecified atom stereocenters. The summed E-state index contributed by atoms with van der Waals surface area (Å²) in [7, 11) is 0. The van der Waals surface area contributed by atoms with Gasteiger partial charge in [-0.2, -0.15) is 0 Å². The molecule has 2 amide bonds. The van der Waals surface area contributed by atoms with Gasteiger partial charge in [-0.05, 0) is 25.0 Å². The molecule has 0 saturated heterocycles. The molecular formula is C25H30N5NaO8. The topological polar surface area (TPSA) is 199 Å². The second-order valence-electron chi connectivity index (χ2n) is 9.48. The van der Waals surface area contributed by atoms with E-state index < -0.39 is 48.6 Å². The minimum atomic E-state index is -1.61. The zero-order valence-electron chi connectivity index (χ0n) is 21.7. The van der Waals surface area contributed by atoms with Crippen LogP contribution in [0.15, 0.2) is 42.3 Å². The van der Waals surface area contributed by atoms with Crippen LogP contribution >= 0.6 is 0 Å². The fourth-order valence-electron chi connectivity index (χ4n) is 4.30. The molecule has 204 valence electrons. The molecule has 13 nitrogen and oxygen atoms in total. The van der Waals surface area contributed by atoms with Crippen molar-refractivity contribution < 1.29 is 69.1 Å². The first-order chi connectivity index (χ1) is 18.2. The molecule has 2 aromatic rings. The quantitative estimate of drug-likeness (QED) is 0.170. The van der Waals surface area contributed by atoms with E-state index in [2.05, 4.69) is 20.9 Å². The maximum atomic E-state index is 12.5. The van der Waals surface area contributed by atoms with Gasteiger partial charge in [0.15, 0.2) is 0 Å². The Hall–Kier alpha value is -2.81. The number of nitrogens with zero attached hydrogens (tertiary/aromatic N) is 3. The molecular weight excluding hydrogens is 521 g/mol. The van der Waals surface area contributed by atoms with Crippen molar-refractivity contribution in [2.24, 2.45) is 11.8 Å². The Morgan fingerprint density at radius 3 is 2.62 bits per heavy atom. The van der Waals surface area contributed by atoms with E-state index >= 15 is 0 Å². The van der Waals surface area contributed by atoms with Crippen LogP contribution in [0.25, 0.3) is 11.3 Å². The largest absolute Gasteiger partial charge is 1.00 e. The molecule has 4 rings (SSSR count). The van der Waals surface area contributed by atoms with Crippen LogP contribution in [0.4, 0.5) is 5.69 Å². The van der Waals surface area contributed by atoms with E-state index in [1.165, 1.54) is 10.8 Å². The Morgan fingerprint density at radius 1 is 1.23 bits per heavy atom. The summed E-state index contributed by atoms with van der Waals surface area (Å²) in [4.78, 5) is 35.8. The number of amides is 2. The number of aromatic nitrogens is 3. The first-order valence-corrected chi connectivity index (χ1v) is 12.3. The molecule has 1 aliphatic carbocycles. The Kier molecular flexibility index (Phi) is 10.6. The SMILES string of the molecule is C[C@H]1[C@H]([C@H](O)[C@H](O)CO)OC(C(=O)[O-])=C[C@@H]1n1cc(-c2ccccc2NC(=O)CCNC(=O)C2CC2)nn1.[Na+]. The second kappa shape index (κ2) is 13.5. The molecule has 1 saturated carbocycles. The van der Waals surface area contributed by atoms with Gasteiger partial charge in [0.2, 0.25) is 11.8 Å². The number of benzene rings is 1. The summed E-state index contributed by atoms with van der Waals surface area (Å²) in [6.45, 7) is 1.15. The third-order valence-electron chi connectivity index (χ3n) is 6.65. The number of carbonyl (C=O) groups is 3. The average Bonchev–Trinajstić information content (AvgIpc) is 3.65.